The Bertz CT molecular complexity index is 252. The predicted molar refractivity (Wildman–Crippen MR) is 37.9 cm³/mol. The highest BCUT2D eigenvalue weighted by Crippen LogP contribution is 1.97. The third-order valence-corrected chi connectivity index (χ3v) is 1.27. The first kappa shape index (κ1) is 8.18. The fourth-order valence-corrected chi connectivity index (χ4v) is 0.751. The number of urea groups is 1. The molecule has 1 fully saturated rings. The molecular weight excluding hydrogens is 164 g/mol. The van der Waals surface area contributed by atoms with Gasteiger partial charge in [-0.15, -0.1) is 0 Å². The van der Waals surface area contributed by atoms with E-state index in [2.05, 4.69) is 5.10 Å². The lowest BCUT2D eigenvalue weighted by molar-refractivity contribution is -0.132. The summed E-state index contributed by atoms with van der Waals surface area (Å²) < 4.78 is 0. The van der Waals surface area contributed by atoms with Crippen molar-refractivity contribution in [1.29, 1.82) is 0 Å². The number of carbonyl (C=O) groups is 3. The van der Waals surface area contributed by atoms with Crippen LogP contribution in [0, 0.1) is 5.92 Å². The first-order valence-electron chi connectivity index (χ1n) is 3.04. The van der Waals surface area contributed by atoms with Crippen LogP contribution in [0.1, 0.15) is 0 Å². The van der Waals surface area contributed by atoms with E-state index in [9.17, 15) is 14.4 Å². The molecule has 0 unspecified atom stereocenters. The largest absolute Gasteiger partial charge is 0.328 e. The van der Waals surface area contributed by atoms with Crippen molar-refractivity contribution >= 4 is 24.1 Å². The van der Waals surface area contributed by atoms with Crippen LogP contribution in [0.3, 0.4) is 0 Å². The van der Waals surface area contributed by atoms with Crippen LogP contribution in [-0.4, -0.2) is 24.1 Å². The summed E-state index contributed by atoms with van der Waals surface area (Å²) in [6.07, 6.45) is 0.955. The second kappa shape index (κ2) is 2.99. The number of carbonyl (C=O) groups excluding carboxylic acids is 3. The first-order chi connectivity index (χ1) is 5.65. The van der Waals surface area contributed by atoms with Gasteiger partial charge in [-0.3, -0.25) is 20.2 Å². The van der Waals surface area contributed by atoms with Gasteiger partial charge in [0.25, 0.3) is 0 Å². The molecular formula is C5H6N4O3. The van der Waals surface area contributed by atoms with E-state index >= 15 is 0 Å². The highest BCUT2D eigenvalue weighted by Gasteiger charge is 2.32. The summed E-state index contributed by atoms with van der Waals surface area (Å²) in [6.45, 7) is 0. The van der Waals surface area contributed by atoms with E-state index in [1.807, 2.05) is 10.6 Å². The molecule has 0 aromatic carbocycles. The maximum absolute atomic E-state index is 10.9. The Morgan fingerprint density at radius 3 is 2.17 bits per heavy atom. The second-order valence-corrected chi connectivity index (χ2v) is 2.08. The fraction of sp³-hybridized carbons (Fsp3) is 0.200. The Hall–Kier alpha value is -1.92. The van der Waals surface area contributed by atoms with Crippen LogP contribution in [0.2, 0.25) is 0 Å². The molecule has 0 aromatic heterocycles. The molecule has 0 atom stereocenters. The van der Waals surface area contributed by atoms with Crippen LogP contribution >= 0.6 is 0 Å². The summed E-state index contributed by atoms with van der Waals surface area (Å²) >= 11 is 0. The van der Waals surface area contributed by atoms with Crippen LogP contribution in [0.5, 0.6) is 0 Å². The molecule has 1 rings (SSSR count). The molecule has 1 heterocycles. The molecule has 12 heavy (non-hydrogen) atoms. The van der Waals surface area contributed by atoms with Crippen molar-refractivity contribution in [1.82, 2.24) is 10.6 Å². The van der Waals surface area contributed by atoms with E-state index < -0.39 is 23.8 Å². The lowest BCUT2D eigenvalue weighted by Gasteiger charge is -2.16. The number of hydrazone groups is 1. The molecule has 64 valence electrons. The molecule has 0 saturated carbocycles. The van der Waals surface area contributed by atoms with Crippen molar-refractivity contribution in [2.45, 2.75) is 0 Å². The van der Waals surface area contributed by atoms with E-state index in [4.69, 9.17) is 5.84 Å². The highest BCUT2D eigenvalue weighted by atomic mass is 16.2. The number of hydrogen-bond acceptors (Lipinski definition) is 5. The SMILES string of the molecule is NN=CC1C(=O)NC(=O)NC1=O. The second-order valence-electron chi connectivity index (χ2n) is 2.08. The molecule has 0 radical (unpaired) electrons. The predicted octanol–water partition coefficient (Wildman–Crippen LogP) is -2.09. The van der Waals surface area contributed by atoms with Crippen LogP contribution < -0.4 is 16.5 Å². The average Bonchev–Trinajstić information content (AvgIpc) is 1.96. The van der Waals surface area contributed by atoms with Gasteiger partial charge >= 0.3 is 6.03 Å². The number of nitrogens with zero attached hydrogens (tertiary/aromatic N) is 1. The van der Waals surface area contributed by atoms with Gasteiger partial charge in [0.05, 0.1) is 0 Å². The molecule has 0 aliphatic carbocycles. The van der Waals surface area contributed by atoms with E-state index in [-0.39, 0.29) is 0 Å². The van der Waals surface area contributed by atoms with Crippen molar-refractivity contribution in [3.05, 3.63) is 0 Å². The van der Waals surface area contributed by atoms with Gasteiger partial charge in [0.2, 0.25) is 11.8 Å². The first-order valence-corrected chi connectivity index (χ1v) is 3.04. The third kappa shape index (κ3) is 1.39. The van der Waals surface area contributed by atoms with Crippen molar-refractivity contribution in [2.24, 2.45) is 16.9 Å². The smallest absolute Gasteiger partial charge is 0.324 e. The Morgan fingerprint density at radius 1 is 1.25 bits per heavy atom. The van der Waals surface area contributed by atoms with Gasteiger partial charge in [0.15, 0.2) is 5.92 Å². The summed E-state index contributed by atoms with van der Waals surface area (Å²) in [6, 6.07) is -0.827. The van der Waals surface area contributed by atoms with Crippen molar-refractivity contribution in [3.8, 4) is 0 Å². The molecule has 1 aliphatic rings. The number of nitrogens with two attached hydrogens (primary N) is 1. The molecule has 4 N–H and O–H groups in total. The lowest BCUT2D eigenvalue weighted by Crippen LogP contribution is -2.56. The maximum atomic E-state index is 10.9. The standard InChI is InChI=1S/C5H6N4O3/c6-7-1-2-3(10)8-5(12)9-4(2)11/h1-2H,6H2,(H2,8,9,10,11,12). The topological polar surface area (TPSA) is 114 Å². The summed E-state index contributed by atoms with van der Waals surface area (Å²) in [5, 5.41) is 6.80. The molecule has 1 aliphatic heterocycles. The number of imide groups is 2. The Morgan fingerprint density at radius 2 is 1.75 bits per heavy atom. The van der Waals surface area contributed by atoms with E-state index in [0.717, 1.165) is 6.21 Å². The third-order valence-electron chi connectivity index (χ3n) is 1.27. The number of rotatable bonds is 1. The molecule has 0 aromatic rings. The van der Waals surface area contributed by atoms with Crippen LogP contribution in [0.25, 0.3) is 0 Å². The average molecular weight is 170 g/mol. The number of nitrogens with one attached hydrogen (secondary N) is 2. The monoisotopic (exact) mass is 170 g/mol. The normalized spacial score (nSPS) is 19.5. The minimum Gasteiger partial charge on any atom is -0.324 e. The zero-order valence-electron chi connectivity index (χ0n) is 5.90. The highest BCUT2D eigenvalue weighted by molar-refractivity contribution is 6.23. The number of barbiturate groups is 1. The number of amides is 4. The molecule has 0 spiro atoms. The molecule has 1 saturated heterocycles. The van der Waals surface area contributed by atoms with Gasteiger partial charge in [-0.2, -0.15) is 5.10 Å². The minimum absolute atomic E-state index is 0.724. The van der Waals surface area contributed by atoms with Gasteiger partial charge in [-0.1, -0.05) is 0 Å². The van der Waals surface area contributed by atoms with Gasteiger partial charge in [0.1, 0.15) is 0 Å². The van der Waals surface area contributed by atoms with Gasteiger partial charge in [0, 0.05) is 6.21 Å². The van der Waals surface area contributed by atoms with Gasteiger partial charge in [-0.25, -0.2) is 4.79 Å². The Kier molecular flexibility index (Phi) is 2.04. The summed E-state index contributed by atoms with van der Waals surface area (Å²) in [5.74, 6) is 2.18. The van der Waals surface area contributed by atoms with Gasteiger partial charge < -0.3 is 5.84 Å². The molecule has 0 bridgehead atoms. The molecule has 7 nitrogen and oxygen atoms in total. The zero-order valence-corrected chi connectivity index (χ0v) is 5.90. The quantitative estimate of drug-likeness (QED) is 0.181. The van der Waals surface area contributed by atoms with Crippen LogP contribution in [0.15, 0.2) is 5.10 Å². The van der Waals surface area contributed by atoms with Crippen molar-refractivity contribution < 1.29 is 14.4 Å². The number of hydrogen-bond donors (Lipinski definition) is 3. The summed E-state index contributed by atoms with van der Waals surface area (Å²) in [4.78, 5) is 32.2. The Balaban J connectivity index is 2.80. The van der Waals surface area contributed by atoms with Crippen molar-refractivity contribution in [3.63, 3.8) is 0 Å². The Labute approximate surface area is 67.0 Å². The van der Waals surface area contributed by atoms with E-state index in [1.54, 1.807) is 0 Å². The fourth-order valence-electron chi connectivity index (χ4n) is 0.751. The van der Waals surface area contributed by atoms with Gasteiger partial charge in [-0.05, 0) is 0 Å². The minimum atomic E-state index is -1.12. The summed E-state index contributed by atoms with van der Waals surface area (Å²) in [5.41, 5.74) is 0. The zero-order chi connectivity index (χ0) is 9.14. The summed E-state index contributed by atoms with van der Waals surface area (Å²) in [7, 11) is 0. The van der Waals surface area contributed by atoms with Crippen LogP contribution in [-0.2, 0) is 9.59 Å². The molecule has 7 heteroatoms. The van der Waals surface area contributed by atoms with Crippen LogP contribution in [0.4, 0.5) is 4.79 Å². The van der Waals surface area contributed by atoms with Crippen molar-refractivity contribution in [2.75, 3.05) is 0 Å². The maximum Gasteiger partial charge on any atom is 0.328 e. The molecule has 4 amide bonds. The van der Waals surface area contributed by atoms with E-state index in [0.29, 0.717) is 0 Å². The van der Waals surface area contributed by atoms with E-state index in [1.165, 1.54) is 0 Å². The lowest BCUT2D eigenvalue weighted by atomic mass is 10.1.